The average Bonchev–Trinajstić information content (AvgIpc) is 2.61. The Hall–Kier alpha value is -2.45. The van der Waals surface area contributed by atoms with E-state index in [0.717, 1.165) is 16.9 Å². The molecule has 23 heavy (non-hydrogen) atoms. The van der Waals surface area contributed by atoms with Crippen LogP contribution in [0.5, 0.6) is 0 Å². The minimum absolute atomic E-state index is 0.0190. The lowest BCUT2D eigenvalue weighted by Gasteiger charge is -2.14. The molecule has 0 saturated carbocycles. The van der Waals surface area contributed by atoms with Crippen LogP contribution < -0.4 is 10.6 Å². The van der Waals surface area contributed by atoms with E-state index in [-0.39, 0.29) is 5.91 Å². The van der Waals surface area contributed by atoms with Gasteiger partial charge < -0.3 is 10.6 Å². The molecule has 0 aromatic heterocycles. The van der Waals surface area contributed by atoms with Gasteiger partial charge in [0.05, 0.1) is 6.07 Å². The van der Waals surface area contributed by atoms with Crippen LogP contribution >= 0.6 is 11.8 Å². The highest BCUT2D eigenvalue weighted by Crippen LogP contribution is 2.23. The first kappa shape index (κ1) is 16.9. The Morgan fingerprint density at radius 2 is 1.74 bits per heavy atom. The maximum absolute atomic E-state index is 11.4. The summed E-state index contributed by atoms with van der Waals surface area (Å²) in [6.07, 6.45) is 2.47. The van der Waals surface area contributed by atoms with Crippen molar-refractivity contribution in [3.05, 3.63) is 54.1 Å². The molecule has 1 atom stereocenters. The molecule has 118 valence electrons. The smallest absolute Gasteiger partial charge is 0.224 e. The van der Waals surface area contributed by atoms with Crippen LogP contribution in [0.2, 0.25) is 0 Å². The molecule has 0 aliphatic rings. The molecule has 0 bridgehead atoms. The number of nitrogens with one attached hydrogen (secondary N) is 2. The second-order valence-electron chi connectivity index (χ2n) is 4.96. The number of carbonyl (C=O) groups is 1. The normalized spacial score (nSPS) is 11.3. The fraction of sp³-hybridized carbons (Fsp3) is 0.222. The van der Waals surface area contributed by atoms with Crippen molar-refractivity contribution in [2.24, 2.45) is 0 Å². The number of carbonyl (C=O) groups excluding carboxylic acids is 1. The third-order valence-corrected chi connectivity index (χ3v) is 4.12. The van der Waals surface area contributed by atoms with Crippen LogP contribution in [0.3, 0.4) is 0 Å². The van der Waals surface area contributed by atoms with Crippen molar-refractivity contribution >= 4 is 29.0 Å². The largest absolute Gasteiger partial charge is 0.366 e. The van der Waals surface area contributed by atoms with Crippen molar-refractivity contribution in [3.8, 4) is 6.07 Å². The number of benzene rings is 2. The molecule has 2 aromatic rings. The van der Waals surface area contributed by atoms with Gasteiger partial charge in [0.1, 0.15) is 6.04 Å². The average molecular weight is 325 g/mol. The Balaban J connectivity index is 2.06. The van der Waals surface area contributed by atoms with Gasteiger partial charge in [-0.15, -0.1) is 11.8 Å². The van der Waals surface area contributed by atoms with Crippen molar-refractivity contribution in [1.29, 1.82) is 5.26 Å². The van der Waals surface area contributed by atoms with Crippen LogP contribution in [0, 0.1) is 11.3 Å². The Labute approximate surface area is 140 Å². The summed E-state index contributed by atoms with van der Waals surface area (Å²) in [4.78, 5) is 12.5. The third-order valence-electron chi connectivity index (χ3n) is 3.38. The van der Waals surface area contributed by atoms with Gasteiger partial charge in [-0.1, -0.05) is 19.1 Å². The zero-order chi connectivity index (χ0) is 16.7. The third kappa shape index (κ3) is 4.76. The molecule has 4 nitrogen and oxygen atoms in total. The van der Waals surface area contributed by atoms with Gasteiger partial charge in [0.25, 0.3) is 0 Å². The van der Waals surface area contributed by atoms with Crippen LogP contribution in [0.4, 0.5) is 11.4 Å². The molecule has 5 heteroatoms. The van der Waals surface area contributed by atoms with Crippen LogP contribution in [-0.4, -0.2) is 12.2 Å². The summed E-state index contributed by atoms with van der Waals surface area (Å²) in [6, 6.07) is 17.1. The quantitative estimate of drug-likeness (QED) is 0.771. The maximum Gasteiger partial charge on any atom is 0.224 e. The molecule has 2 rings (SSSR count). The molecule has 0 aliphatic carbocycles. The maximum atomic E-state index is 11.4. The molecule has 2 N–H and O–H groups in total. The van der Waals surface area contributed by atoms with Gasteiger partial charge in [-0.05, 0) is 48.2 Å². The summed E-state index contributed by atoms with van der Waals surface area (Å²) in [5, 5.41) is 15.4. The van der Waals surface area contributed by atoms with Gasteiger partial charge in [-0.25, -0.2) is 0 Å². The molecule has 0 radical (unpaired) electrons. The van der Waals surface area contributed by atoms with Crippen LogP contribution in [0.15, 0.2) is 53.4 Å². The molecule has 0 saturated heterocycles. The van der Waals surface area contributed by atoms with E-state index in [0.29, 0.717) is 6.42 Å². The topological polar surface area (TPSA) is 64.9 Å². The van der Waals surface area contributed by atoms with E-state index in [1.54, 1.807) is 11.8 Å². The highest BCUT2D eigenvalue weighted by molar-refractivity contribution is 7.98. The summed E-state index contributed by atoms with van der Waals surface area (Å²) >= 11 is 1.67. The second kappa shape index (κ2) is 8.25. The Kier molecular flexibility index (Phi) is 6.07. The number of nitrogens with zero attached hydrogens (tertiary/aromatic N) is 1. The predicted octanol–water partition coefficient (Wildman–Crippen LogP) is 4.43. The van der Waals surface area contributed by atoms with Crippen LogP contribution in [-0.2, 0) is 4.79 Å². The summed E-state index contributed by atoms with van der Waals surface area (Å²) in [7, 11) is 0. The van der Waals surface area contributed by atoms with E-state index < -0.39 is 6.04 Å². The van der Waals surface area contributed by atoms with E-state index in [9.17, 15) is 10.1 Å². The molecule has 0 heterocycles. The first-order valence-corrected chi connectivity index (χ1v) is 8.58. The van der Waals surface area contributed by atoms with Gasteiger partial charge in [-0.3, -0.25) is 4.79 Å². The number of rotatable bonds is 6. The molecule has 2 aromatic carbocycles. The Morgan fingerprint density at radius 1 is 1.13 bits per heavy atom. The van der Waals surface area contributed by atoms with E-state index in [4.69, 9.17) is 0 Å². The molecular weight excluding hydrogens is 306 g/mol. The molecule has 0 aliphatic heterocycles. The number of anilines is 2. The standard InChI is InChI=1S/C18H19N3OS/c1-3-18(22)21-15-8-6-14(7-9-15)20-17(12-19)13-4-10-16(23-2)11-5-13/h4-11,17,20H,3H2,1-2H3,(H,21,22). The van der Waals surface area contributed by atoms with E-state index in [1.165, 1.54) is 4.90 Å². The molecule has 1 unspecified atom stereocenters. The zero-order valence-corrected chi connectivity index (χ0v) is 14.0. The molecular formula is C18H19N3OS. The summed E-state index contributed by atoms with van der Waals surface area (Å²) < 4.78 is 0. The summed E-state index contributed by atoms with van der Waals surface area (Å²) in [5.41, 5.74) is 2.51. The van der Waals surface area contributed by atoms with E-state index in [1.807, 2.05) is 61.7 Å². The second-order valence-corrected chi connectivity index (χ2v) is 5.84. The van der Waals surface area contributed by atoms with E-state index >= 15 is 0 Å². The van der Waals surface area contributed by atoms with Crippen molar-refractivity contribution < 1.29 is 4.79 Å². The van der Waals surface area contributed by atoms with Gasteiger partial charge in [0.2, 0.25) is 5.91 Å². The number of amides is 1. The SMILES string of the molecule is CCC(=O)Nc1ccc(NC(C#N)c2ccc(SC)cc2)cc1. The van der Waals surface area contributed by atoms with Gasteiger partial charge >= 0.3 is 0 Å². The van der Waals surface area contributed by atoms with Gasteiger partial charge in [0.15, 0.2) is 0 Å². The minimum Gasteiger partial charge on any atom is -0.366 e. The fourth-order valence-electron chi connectivity index (χ4n) is 2.05. The lowest BCUT2D eigenvalue weighted by molar-refractivity contribution is -0.115. The number of nitriles is 1. The summed E-state index contributed by atoms with van der Waals surface area (Å²) in [5.74, 6) is -0.0190. The van der Waals surface area contributed by atoms with Crippen LogP contribution in [0.25, 0.3) is 0 Å². The zero-order valence-electron chi connectivity index (χ0n) is 13.2. The van der Waals surface area contributed by atoms with E-state index in [2.05, 4.69) is 16.7 Å². The minimum atomic E-state index is -0.415. The molecule has 0 fully saturated rings. The Bertz CT molecular complexity index is 690. The monoisotopic (exact) mass is 325 g/mol. The molecule has 0 spiro atoms. The first-order valence-electron chi connectivity index (χ1n) is 7.36. The lowest BCUT2D eigenvalue weighted by atomic mass is 10.1. The fourth-order valence-corrected chi connectivity index (χ4v) is 2.46. The summed E-state index contributed by atoms with van der Waals surface area (Å²) in [6.45, 7) is 1.81. The highest BCUT2D eigenvalue weighted by atomic mass is 32.2. The first-order chi connectivity index (χ1) is 11.2. The lowest BCUT2D eigenvalue weighted by Crippen LogP contribution is -2.10. The molecule has 1 amide bonds. The van der Waals surface area contributed by atoms with Crippen molar-refractivity contribution in [1.82, 2.24) is 0 Å². The van der Waals surface area contributed by atoms with Gasteiger partial charge in [0, 0.05) is 22.7 Å². The number of thioether (sulfide) groups is 1. The van der Waals surface area contributed by atoms with Crippen LogP contribution in [0.1, 0.15) is 24.9 Å². The van der Waals surface area contributed by atoms with Crippen molar-refractivity contribution in [2.75, 3.05) is 16.9 Å². The van der Waals surface area contributed by atoms with Crippen molar-refractivity contribution in [3.63, 3.8) is 0 Å². The number of hydrogen-bond acceptors (Lipinski definition) is 4. The van der Waals surface area contributed by atoms with Crippen molar-refractivity contribution in [2.45, 2.75) is 24.3 Å². The van der Waals surface area contributed by atoms with Gasteiger partial charge in [-0.2, -0.15) is 5.26 Å². The Morgan fingerprint density at radius 3 is 2.26 bits per heavy atom. The highest BCUT2D eigenvalue weighted by Gasteiger charge is 2.10. The number of hydrogen-bond donors (Lipinski definition) is 2. The predicted molar refractivity (Wildman–Crippen MR) is 95.6 cm³/mol.